The van der Waals surface area contributed by atoms with Gasteiger partial charge in [0.2, 0.25) is 15.9 Å². The fourth-order valence-electron chi connectivity index (χ4n) is 2.32. The first-order valence-electron chi connectivity index (χ1n) is 7.59. The van der Waals surface area contributed by atoms with Crippen LogP contribution in [0, 0.1) is 25.2 Å². The highest BCUT2D eigenvalue weighted by Gasteiger charge is 2.25. The Hall–Kier alpha value is -2.69. The molecule has 0 saturated heterocycles. The molecule has 130 valence electrons. The molecule has 0 radical (unpaired) electrons. The monoisotopic (exact) mass is 357 g/mol. The molecule has 2 rings (SSSR count). The Kier molecular flexibility index (Phi) is 5.57. The van der Waals surface area contributed by atoms with Gasteiger partial charge in [0.15, 0.2) is 0 Å². The van der Waals surface area contributed by atoms with Crippen LogP contribution in [-0.4, -0.2) is 32.2 Å². The van der Waals surface area contributed by atoms with Crippen LogP contribution in [0.3, 0.4) is 0 Å². The molecule has 1 N–H and O–H groups in total. The molecule has 0 aliphatic heterocycles. The van der Waals surface area contributed by atoms with Gasteiger partial charge in [0.05, 0.1) is 17.0 Å². The number of amides is 1. The number of nitriles is 1. The van der Waals surface area contributed by atoms with E-state index in [4.69, 9.17) is 5.26 Å². The molecule has 0 unspecified atom stereocenters. The van der Waals surface area contributed by atoms with Crippen LogP contribution in [0.1, 0.15) is 16.7 Å². The van der Waals surface area contributed by atoms with Crippen molar-refractivity contribution < 1.29 is 13.2 Å². The summed E-state index contributed by atoms with van der Waals surface area (Å²) >= 11 is 0. The molecule has 2 aromatic rings. The molecule has 0 bridgehead atoms. The van der Waals surface area contributed by atoms with Crippen molar-refractivity contribution in [2.75, 3.05) is 18.9 Å². The Morgan fingerprint density at radius 1 is 1.16 bits per heavy atom. The second-order valence-electron chi connectivity index (χ2n) is 5.66. The van der Waals surface area contributed by atoms with Gasteiger partial charge in [0.1, 0.15) is 6.07 Å². The number of sulfonamides is 1. The molecule has 1 amide bonds. The highest BCUT2D eigenvalue weighted by atomic mass is 32.2. The minimum Gasteiger partial charge on any atom is -0.325 e. The SMILES string of the molecule is Cc1cccc(NC(=O)CN(C)S(=O)(=O)c2ccccc2C#N)c1C. The predicted octanol–water partition coefficient (Wildman–Crippen LogP) is 2.43. The summed E-state index contributed by atoms with van der Waals surface area (Å²) in [5.74, 6) is -0.450. The van der Waals surface area contributed by atoms with E-state index in [-0.39, 0.29) is 17.0 Å². The number of carbonyl (C=O) groups excluding carboxylic acids is 1. The first-order chi connectivity index (χ1) is 11.8. The van der Waals surface area contributed by atoms with Gasteiger partial charge >= 0.3 is 0 Å². The van der Waals surface area contributed by atoms with Crippen LogP contribution in [0.2, 0.25) is 0 Å². The number of anilines is 1. The number of benzene rings is 2. The van der Waals surface area contributed by atoms with Gasteiger partial charge in [-0.15, -0.1) is 0 Å². The van der Waals surface area contributed by atoms with Crippen molar-refractivity contribution in [2.24, 2.45) is 0 Å². The zero-order chi connectivity index (χ0) is 18.6. The zero-order valence-corrected chi connectivity index (χ0v) is 15.1. The molecule has 7 heteroatoms. The fraction of sp³-hybridized carbons (Fsp3) is 0.222. The Morgan fingerprint density at radius 3 is 2.52 bits per heavy atom. The fourth-order valence-corrected chi connectivity index (χ4v) is 3.58. The van der Waals surface area contributed by atoms with Crippen LogP contribution < -0.4 is 5.32 Å². The van der Waals surface area contributed by atoms with Crippen LogP contribution in [0.25, 0.3) is 0 Å². The molecule has 0 saturated carbocycles. The van der Waals surface area contributed by atoms with Crippen molar-refractivity contribution in [3.63, 3.8) is 0 Å². The Labute approximate surface area is 147 Å². The lowest BCUT2D eigenvalue weighted by atomic mass is 10.1. The van der Waals surface area contributed by atoms with Gasteiger partial charge in [0.25, 0.3) is 0 Å². The van der Waals surface area contributed by atoms with E-state index in [1.807, 2.05) is 32.0 Å². The molecule has 0 aliphatic carbocycles. The number of hydrogen-bond donors (Lipinski definition) is 1. The Morgan fingerprint density at radius 2 is 1.84 bits per heavy atom. The highest BCUT2D eigenvalue weighted by Crippen LogP contribution is 2.20. The van der Waals surface area contributed by atoms with E-state index in [0.717, 1.165) is 15.4 Å². The molecule has 0 aromatic heterocycles. The van der Waals surface area contributed by atoms with E-state index >= 15 is 0 Å². The van der Waals surface area contributed by atoms with Gasteiger partial charge < -0.3 is 5.32 Å². The third kappa shape index (κ3) is 4.05. The van der Waals surface area contributed by atoms with Crippen molar-refractivity contribution in [1.82, 2.24) is 4.31 Å². The molecule has 0 heterocycles. The van der Waals surface area contributed by atoms with E-state index in [1.165, 1.54) is 25.2 Å². The normalized spacial score (nSPS) is 11.2. The molecule has 25 heavy (non-hydrogen) atoms. The average Bonchev–Trinajstić information content (AvgIpc) is 2.58. The third-order valence-corrected chi connectivity index (χ3v) is 5.80. The minimum atomic E-state index is -3.94. The van der Waals surface area contributed by atoms with Crippen LogP contribution in [0.15, 0.2) is 47.4 Å². The molecule has 0 spiro atoms. The van der Waals surface area contributed by atoms with Crippen LogP contribution in [0.4, 0.5) is 5.69 Å². The van der Waals surface area contributed by atoms with Crippen molar-refractivity contribution >= 4 is 21.6 Å². The molecular weight excluding hydrogens is 338 g/mol. The number of nitrogens with one attached hydrogen (secondary N) is 1. The maximum atomic E-state index is 12.6. The first kappa shape index (κ1) is 18.6. The highest BCUT2D eigenvalue weighted by molar-refractivity contribution is 7.89. The number of rotatable bonds is 5. The van der Waals surface area contributed by atoms with E-state index in [0.29, 0.717) is 5.69 Å². The summed E-state index contributed by atoms with van der Waals surface area (Å²) in [5.41, 5.74) is 2.65. The molecule has 0 aliphatic rings. The van der Waals surface area contributed by atoms with Gasteiger partial charge in [-0.05, 0) is 43.2 Å². The topological polar surface area (TPSA) is 90.3 Å². The lowest BCUT2D eigenvalue weighted by molar-refractivity contribution is -0.116. The maximum absolute atomic E-state index is 12.6. The van der Waals surface area contributed by atoms with Gasteiger partial charge in [-0.3, -0.25) is 4.79 Å². The third-order valence-electron chi connectivity index (χ3n) is 3.94. The van der Waals surface area contributed by atoms with Crippen molar-refractivity contribution in [2.45, 2.75) is 18.7 Å². The van der Waals surface area contributed by atoms with E-state index < -0.39 is 15.9 Å². The summed E-state index contributed by atoms with van der Waals surface area (Å²) < 4.78 is 26.2. The van der Waals surface area contributed by atoms with Crippen molar-refractivity contribution in [3.8, 4) is 6.07 Å². The summed E-state index contributed by atoms with van der Waals surface area (Å²) in [5, 5.41) is 11.8. The van der Waals surface area contributed by atoms with Gasteiger partial charge in [-0.1, -0.05) is 24.3 Å². The number of likely N-dealkylation sites (N-methyl/N-ethyl adjacent to an activating group) is 1. The second-order valence-corrected chi connectivity index (χ2v) is 7.68. The first-order valence-corrected chi connectivity index (χ1v) is 9.03. The Balaban J connectivity index is 2.18. The van der Waals surface area contributed by atoms with Crippen LogP contribution in [-0.2, 0) is 14.8 Å². The van der Waals surface area contributed by atoms with E-state index in [9.17, 15) is 13.2 Å². The van der Waals surface area contributed by atoms with Crippen LogP contribution in [0.5, 0.6) is 0 Å². The maximum Gasteiger partial charge on any atom is 0.244 e. The Bertz CT molecular complexity index is 946. The standard InChI is InChI=1S/C18H19N3O3S/c1-13-7-6-9-16(14(13)2)20-18(22)12-21(3)25(23,24)17-10-5-4-8-15(17)11-19/h4-10H,12H2,1-3H3,(H,20,22). The molecular formula is C18H19N3O3S. The summed E-state index contributed by atoms with van der Waals surface area (Å²) in [6.45, 7) is 3.46. The summed E-state index contributed by atoms with van der Waals surface area (Å²) in [6.07, 6.45) is 0. The summed E-state index contributed by atoms with van der Waals surface area (Å²) in [6, 6.07) is 13.3. The summed E-state index contributed by atoms with van der Waals surface area (Å²) in [7, 11) is -2.63. The quantitative estimate of drug-likeness (QED) is 0.890. The zero-order valence-electron chi connectivity index (χ0n) is 14.3. The van der Waals surface area contributed by atoms with Gasteiger partial charge in [-0.25, -0.2) is 8.42 Å². The lowest BCUT2D eigenvalue weighted by Gasteiger charge is -2.18. The largest absolute Gasteiger partial charge is 0.325 e. The molecule has 0 atom stereocenters. The molecule has 6 nitrogen and oxygen atoms in total. The van der Waals surface area contributed by atoms with E-state index in [2.05, 4.69) is 5.32 Å². The lowest BCUT2D eigenvalue weighted by Crippen LogP contribution is -2.35. The predicted molar refractivity (Wildman–Crippen MR) is 95.5 cm³/mol. The van der Waals surface area contributed by atoms with Gasteiger partial charge in [-0.2, -0.15) is 9.57 Å². The van der Waals surface area contributed by atoms with Gasteiger partial charge in [0, 0.05) is 12.7 Å². The van der Waals surface area contributed by atoms with Crippen LogP contribution >= 0.6 is 0 Å². The van der Waals surface area contributed by atoms with Crippen molar-refractivity contribution in [1.29, 1.82) is 5.26 Å². The summed E-state index contributed by atoms with van der Waals surface area (Å²) in [4.78, 5) is 12.1. The number of nitrogens with zero attached hydrogens (tertiary/aromatic N) is 2. The molecule has 0 fully saturated rings. The second kappa shape index (κ2) is 7.47. The molecule has 2 aromatic carbocycles. The average molecular weight is 357 g/mol. The number of carbonyl (C=O) groups is 1. The number of hydrogen-bond acceptors (Lipinski definition) is 4. The van der Waals surface area contributed by atoms with E-state index in [1.54, 1.807) is 12.1 Å². The smallest absolute Gasteiger partial charge is 0.244 e. The minimum absolute atomic E-state index is 0.0456. The van der Waals surface area contributed by atoms with Crippen molar-refractivity contribution in [3.05, 3.63) is 59.2 Å². The number of aryl methyl sites for hydroxylation is 1.